The molecule has 6 heteroatoms. The van der Waals surface area contributed by atoms with Crippen molar-refractivity contribution in [3.8, 4) is 5.75 Å². The van der Waals surface area contributed by atoms with Crippen LogP contribution in [0.4, 0.5) is 5.69 Å². The summed E-state index contributed by atoms with van der Waals surface area (Å²) in [5, 5.41) is 0. The molecule has 5 nitrogen and oxygen atoms in total. The number of anilines is 1. The van der Waals surface area contributed by atoms with Crippen LogP contribution in [0.1, 0.15) is 37.9 Å². The maximum atomic E-state index is 12.6. The van der Waals surface area contributed by atoms with Crippen molar-refractivity contribution < 1.29 is 12.6 Å². The molecule has 2 aliphatic rings. The van der Waals surface area contributed by atoms with Crippen LogP contribution in [0.15, 0.2) is 48.5 Å². The summed E-state index contributed by atoms with van der Waals surface area (Å²) < 4.78 is 31.9. The van der Waals surface area contributed by atoms with Gasteiger partial charge in [-0.2, -0.15) is 8.42 Å². The lowest BCUT2D eigenvalue weighted by atomic mass is 9.85. The Morgan fingerprint density at radius 3 is 2.48 bits per heavy atom. The van der Waals surface area contributed by atoms with Crippen molar-refractivity contribution in [3.05, 3.63) is 59.7 Å². The predicted molar refractivity (Wildman–Crippen MR) is 97.9 cm³/mol. The number of fused-ring (bicyclic) bond motifs is 3. The summed E-state index contributed by atoms with van der Waals surface area (Å²) in [5.74, 6) is 0.448. The molecular formula is C19H22N2O3S. The lowest BCUT2D eigenvalue weighted by Crippen LogP contribution is -2.39. The third kappa shape index (κ3) is 2.79. The Kier molecular flexibility index (Phi) is 3.60. The zero-order chi connectivity index (χ0) is 17.8. The van der Waals surface area contributed by atoms with E-state index in [0.717, 1.165) is 11.3 Å². The highest BCUT2D eigenvalue weighted by Gasteiger charge is 2.46. The average molecular weight is 358 g/mol. The Labute approximate surface area is 149 Å². The van der Waals surface area contributed by atoms with Crippen LogP contribution in [-0.4, -0.2) is 25.9 Å². The second-order valence-corrected chi connectivity index (χ2v) is 9.14. The molecule has 132 valence electrons. The van der Waals surface area contributed by atoms with E-state index in [0.29, 0.717) is 19.0 Å². The highest BCUT2D eigenvalue weighted by molar-refractivity contribution is 7.84. The van der Waals surface area contributed by atoms with Gasteiger partial charge in [0, 0.05) is 17.8 Å². The number of nitrogens with zero attached hydrogens (tertiary/aromatic N) is 2. The molecule has 2 aromatic rings. The first-order valence-electron chi connectivity index (χ1n) is 8.41. The van der Waals surface area contributed by atoms with Crippen LogP contribution in [0.2, 0.25) is 0 Å². The van der Waals surface area contributed by atoms with Crippen LogP contribution in [0.5, 0.6) is 5.75 Å². The minimum atomic E-state index is -3.77. The molecule has 4 rings (SSSR count). The minimum Gasteiger partial charge on any atom is -0.370 e. The number of hydrogen-bond acceptors (Lipinski definition) is 4. The molecule has 0 spiro atoms. The number of benzene rings is 2. The molecule has 0 aliphatic carbocycles. The first-order valence-corrected chi connectivity index (χ1v) is 9.78. The van der Waals surface area contributed by atoms with Crippen molar-refractivity contribution >= 4 is 16.0 Å². The molecule has 2 aliphatic heterocycles. The van der Waals surface area contributed by atoms with Crippen LogP contribution >= 0.6 is 0 Å². The standard InChI is InChI=1S/C19H22N2O3S/c1-19(2,3)14-9-10-18-16(11-14)17-12-20(15-7-5-4-6-8-15)13-21(17)25(22,23)24-18/h4-11,17H,12-13H2,1-3H3/t17-/m0/s1. The summed E-state index contributed by atoms with van der Waals surface area (Å²) >= 11 is 0. The van der Waals surface area contributed by atoms with Crippen molar-refractivity contribution in [2.45, 2.75) is 32.2 Å². The topological polar surface area (TPSA) is 49.9 Å². The van der Waals surface area contributed by atoms with Gasteiger partial charge >= 0.3 is 10.3 Å². The fraction of sp³-hybridized carbons (Fsp3) is 0.368. The van der Waals surface area contributed by atoms with E-state index in [9.17, 15) is 8.42 Å². The van der Waals surface area contributed by atoms with Gasteiger partial charge in [0.05, 0.1) is 12.7 Å². The van der Waals surface area contributed by atoms with Gasteiger partial charge in [-0.05, 0) is 35.2 Å². The van der Waals surface area contributed by atoms with Gasteiger partial charge in [-0.3, -0.25) is 0 Å². The van der Waals surface area contributed by atoms with E-state index < -0.39 is 10.3 Å². The van der Waals surface area contributed by atoms with Crippen LogP contribution < -0.4 is 9.08 Å². The normalized spacial score (nSPS) is 22.2. The largest absolute Gasteiger partial charge is 0.387 e. The Morgan fingerprint density at radius 1 is 1.08 bits per heavy atom. The Hall–Kier alpha value is -2.05. The second kappa shape index (κ2) is 5.47. The monoisotopic (exact) mass is 358 g/mol. The van der Waals surface area contributed by atoms with Gasteiger partial charge in [-0.15, -0.1) is 4.31 Å². The summed E-state index contributed by atoms with van der Waals surface area (Å²) in [7, 11) is -3.77. The van der Waals surface area contributed by atoms with E-state index in [1.807, 2.05) is 36.4 Å². The van der Waals surface area contributed by atoms with E-state index >= 15 is 0 Å². The summed E-state index contributed by atoms with van der Waals surface area (Å²) in [6.07, 6.45) is 0. The molecule has 25 heavy (non-hydrogen) atoms. The molecule has 0 saturated carbocycles. The molecule has 1 fully saturated rings. The number of rotatable bonds is 1. The molecule has 2 heterocycles. The fourth-order valence-electron chi connectivity index (χ4n) is 3.44. The van der Waals surface area contributed by atoms with E-state index in [1.165, 1.54) is 9.87 Å². The number of hydrogen-bond donors (Lipinski definition) is 0. The minimum absolute atomic E-state index is 0.00605. The maximum absolute atomic E-state index is 12.6. The van der Waals surface area contributed by atoms with E-state index in [1.54, 1.807) is 6.07 Å². The smallest absolute Gasteiger partial charge is 0.370 e. The first kappa shape index (κ1) is 16.4. The summed E-state index contributed by atoms with van der Waals surface area (Å²) in [5.41, 5.74) is 3.13. The van der Waals surface area contributed by atoms with Crippen molar-refractivity contribution in [2.24, 2.45) is 0 Å². The molecule has 2 aromatic carbocycles. The zero-order valence-corrected chi connectivity index (χ0v) is 15.5. The maximum Gasteiger partial charge on any atom is 0.387 e. The number of para-hydroxylation sites is 1. The van der Waals surface area contributed by atoms with E-state index in [4.69, 9.17) is 4.18 Å². The third-order valence-corrected chi connectivity index (χ3v) is 6.22. The highest BCUT2D eigenvalue weighted by atomic mass is 32.2. The SMILES string of the molecule is CC(C)(C)c1ccc2c(c1)[C@@H]1CN(c3ccccc3)CN1S(=O)(=O)O2. The molecule has 0 unspecified atom stereocenters. The predicted octanol–water partition coefficient (Wildman–Crippen LogP) is 3.44. The summed E-state index contributed by atoms with van der Waals surface area (Å²) in [4.78, 5) is 2.07. The van der Waals surface area contributed by atoms with Crippen molar-refractivity contribution in [3.63, 3.8) is 0 Å². The van der Waals surface area contributed by atoms with Crippen molar-refractivity contribution in [2.75, 3.05) is 18.1 Å². The average Bonchev–Trinajstić information content (AvgIpc) is 3.01. The van der Waals surface area contributed by atoms with Gasteiger partial charge in [0.1, 0.15) is 5.75 Å². The van der Waals surface area contributed by atoms with Crippen LogP contribution in [0, 0.1) is 0 Å². The zero-order valence-electron chi connectivity index (χ0n) is 14.6. The lowest BCUT2D eigenvalue weighted by Gasteiger charge is -2.31. The lowest BCUT2D eigenvalue weighted by molar-refractivity contribution is 0.321. The molecule has 1 saturated heterocycles. The van der Waals surface area contributed by atoms with Crippen molar-refractivity contribution in [1.82, 2.24) is 4.31 Å². The quantitative estimate of drug-likeness (QED) is 0.784. The Bertz CT molecular complexity index is 904. The molecule has 0 radical (unpaired) electrons. The fourth-order valence-corrected chi connectivity index (χ4v) is 4.69. The van der Waals surface area contributed by atoms with E-state index in [2.05, 4.69) is 31.7 Å². The van der Waals surface area contributed by atoms with Gasteiger partial charge < -0.3 is 9.08 Å². The van der Waals surface area contributed by atoms with Crippen molar-refractivity contribution in [1.29, 1.82) is 0 Å². The molecule has 0 amide bonds. The van der Waals surface area contributed by atoms with Gasteiger partial charge in [0.2, 0.25) is 0 Å². The second-order valence-electron chi connectivity index (χ2n) is 7.65. The Morgan fingerprint density at radius 2 is 1.80 bits per heavy atom. The van der Waals surface area contributed by atoms with Crippen LogP contribution in [0.3, 0.4) is 0 Å². The van der Waals surface area contributed by atoms with Gasteiger partial charge in [0.15, 0.2) is 0 Å². The summed E-state index contributed by atoms with van der Waals surface area (Å²) in [6, 6.07) is 15.5. The highest BCUT2D eigenvalue weighted by Crippen LogP contribution is 2.43. The van der Waals surface area contributed by atoms with Crippen LogP contribution in [0.25, 0.3) is 0 Å². The third-order valence-electron chi connectivity index (χ3n) is 4.89. The first-order chi connectivity index (χ1) is 11.8. The molecular weight excluding hydrogens is 336 g/mol. The van der Waals surface area contributed by atoms with Gasteiger partial charge in [-0.1, -0.05) is 45.0 Å². The summed E-state index contributed by atoms with van der Waals surface area (Å²) in [6.45, 7) is 7.37. The molecule has 1 atom stereocenters. The van der Waals surface area contributed by atoms with Crippen LogP contribution in [-0.2, 0) is 15.7 Å². The Balaban J connectivity index is 1.77. The van der Waals surface area contributed by atoms with E-state index in [-0.39, 0.29) is 11.5 Å². The molecule has 0 bridgehead atoms. The van der Waals surface area contributed by atoms with Gasteiger partial charge in [0.25, 0.3) is 0 Å². The molecule has 0 N–H and O–H groups in total. The van der Waals surface area contributed by atoms with Gasteiger partial charge in [-0.25, -0.2) is 0 Å². The molecule has 0 aromatic heterocycles.